The zero-order valence-electron chi connectivity index (χ0n) is 15.0. The van der Waals surface area contributed by atoms with Crippen LogP contribution in [0.4, 0.5) is 5.13 Å². The summed E-state index contributed by atoms with van der Waals surface area (Å²) in [5, 5.41) is 13.7. The maximum Gasteiger partial charge on any atom is 0.241 e. The predicted molar refractivity (Wildman–Crippen MR) is 110 cm³/mol. The third kappa shape index (κ3) is 7.36. The number of thioether (sulfide) groups is 1. The largest absolute Gasteiger partial charge is 0.351 e. The smallest absolute Gasteiger partial charge is 0.241 e. The summed E-state index contributed by atoms with van der Waals surface area (Å²) in [6.45, 7) is -0.00428. The van der Waals surface area contributed by atoms with Crippen molar-refractivity contribution in [2.24, 2.45) is 0 Å². The molecule has 0 bridgehead atoms. The van der Waals surface area contributed by atoms with Gasteiger partial charge in [0, 0.05) is 18.6 Å². The minimum absolute atomic E-state index is 0.129. The second kappa shape index (κ2) is 10.2. The van der Waals surface area contributed by atoms with Crippen molar-refractivity contribution in [2.75, 3.05) is 30.9 Å². The molecule has 9 nitrogen and oxygen atoms in total. The molecule has 1 heterocycles. The van der Waals surface area contributed by atoms with Gasteiger partial charge in [-0.15, -0.1) is 10.2 Å². The number of anilines is 1. The Morgan fingerprint density at radius 1 is 1.25 bits per heavy atom. The van der Waals surface area contributed by atoms with E-state index in [0.717, 1.165) is 27.5 Å². The summed E-state index contributed by atoms with van der Waals surface area (Å²) in [5.74, 6) is -0.595. The molecule has 1 aromatic heterocycles. The van der Waals surface area contributed by atoms with Crippen LogP contribution in [0.3, 0.4) is 0 Å². The van der Waals surface area contributed by atoms with E-state index in [1.165, 1.54) is 18.8 Å². The van der Waals surface area contributed by atoms with Crippen LogP contribution in [-0.2, 0) is 26.2 Å². The quantitative estimate of drug-likeness (QED) is 0.426. The number of rotatable bonds is 9. The van der Waals surface area contributed by atoms with Gasteiger partial charge in [-0.05, 0) is 11.6 Å². The lowest BCUT2D eigenvalue weighted by atomic mass is 10.2. The first-order valence-electron chi connectivity index (χ1n) is 7.82. The normalized spacial score (nSPS) is 11.4. The van der Waals surface area contributed by atoms with E-state index in [9.17, 15) is 18.0 Å². The molecule has 0 aliphatic heterocycles. The van der Waals surface area contributed by atoms with Gasteiger partial charge in [0.25, 0.3) is 0 Å². The van der Waals surface area contributed by atoms with Crippen molar-refractivity contribution in [1.82, 2.24) is 19.8 Å². The zero-order chi connectivity index (χ0) is 20.7. The van der Waals surface area contributed by atoms with Gasteiger partial charge in [0.1, 0.15) is 0 Å². The molecule has 0 aliphatic rings. The highest BCUT2D eigenvalue weighted by molar-refractivity contribution is 8.01. The van der Waals surface area contributed by atoms with Crippen molar-refractivity contribution in [3.63, 3.8) is 0 Å². The molecule has 2 N–H and O–H groups in total. The van der Waals surface area contributed by atoms with Crippen molar-refractivity contribution >= 4 is 61.7 Å². The SMILES string of the molecule is CN(CC(=O)Nc1nnc(SCC(=O)NCc2ccccc2Cl)s1)S(C)(=O)=O. The lowest BCUT2D eigenvalue weighted by Crippen LogP contribution is -2.34. The van der Waals surface area contributed by atoms with Crippen molar-refractivity contribution in [2.45, 2.75) is 10.9 Å². The second-order valence-electron chi connectivity index (χ2n) is 5.60. The van der Waals surface area contributed by atoms with Gasteiger partial charge in [-0.1, -0.05) is 52.9 Å². The van der Waals surface area contributed by atoms with Crippen LogP contribution >= 0.6 is 34.7 Å². The van der Waals surface area contributed by atoms with Crippen LogP contribution in [0.1, 0.15) is 5.56 Å². The van der Waals surface area contributed by atoms with Crippen LogP contribution in [0.2, 0.25) is 5.02 Å². The Morgan fingerprint density at radius 3 is 2.64 bits per heavy atom. The van der Waals surface area contributed by atoms with Gasteiger partial charge in [-0.2, -0.15) is 4.31 Å². The average molecular weight is 464 g/mol. The summed E-state index contributed by atoms with van der Waals surface area (Å²) < 4.78 is 24.0. The van der Waals surface area contributed by atoms with Gasteiger partial charge >= 0.3 is 0 Å². The number of likely N-dealkylation sites (N-methyl/N-ethyl adjacent to an activating group) is 1. The molecular weight excluding hydrogens is 446 g/mol. The Morgan fingerprint density at radius 2 is 1.96 bits per heavy atom. The van der Waals surface area contributed by atoms with E-state index < -0.39 is 15.9 Å². The molecule has 0 spiro atoms. The summed E-state index contributed by atoms with van der Waals surface area (Å²) >= 11 is 8.31. The van der Waals surface area contributed by atoms with Crippen molar-refractivity contribution in [1.29, 1.82) is 0 Å². The van der Waals surface area contributed by atoms with Crippen LogP contribution in [-0.4, -0.2) is 60.3 Å². The van der Waals surface area contributed by atoms with Gasteiger partial charge in [-0.3, -0.25) is 14.9 Å². The molecule has 28 heavy (non-hydrogen) atoms. The summed E-state index contributed by atoms with van der Waals surface area (Å²) in [6, 6.07) is 7.24. The Bertz CT molecular complexity index is 951. The maximum atomic E-state index is 12.0. The van der Waals surface area contributed by atoms with E-state index in [4.69, 9.17) is 11.6 Å². The Labute approximate surface area is 175 Å². The van der Waals surface area contributed by atoms with Gasteiger partial charge in [0.2, 0.25) is 27.0 Å². The number of nitrogens with one attached hydrogen (secondary N) is 2. The maximum absolute atomic E-state index is 12.0. The fourth-order valence-electron chi connectivity index (χ4n) is 1.81. The monoisotopic (exact) mass is 463 g/mol. The summed E-state index contributed by atoms with van der Waals surface area (Å²) in [4.78, 5) is 23.8. The molecule has 0 saturated carbocycles. The lowest BCUT2D eigenvalue weighted by Gasteiger charge is -2.12. The first kappa shape index (κ1) is 22.6. The number of benzene rings is 1. The van der Waals surface area contributed by atoms with Gasteiger partial charge < -0.3 is 5.32 Å². The van der Waals surface area contributed by atoms with Crippen LogP contribution in [0.5, 0.6) is 0 Å². The number of amides is 2. The number of nitrogens with zero attached hydrogens (tertiary/aromatic N) is 3. The minimum Gasteiger partial charge on any atom is -0.351 e. The molecule has 2 rings (SSSR count). The fraction of sp³-hybridized carbons (Fsp3) is 0.333. The lowest BCUT2D eigenvalue weighted by molar-refractivity contribution is -0.118. The second-order valence-corrected chi connectivity index (χ2v) is 10.3. The van der Waals surface area contributed by atoms with Gasteiger partial charge in [0.05, 0.1) is 18.6 Å². The van der Waals surface area contributed by atoms with E-state index in [2.05, 4.69) is 20.8 Å². The van der Waals surface area contributed by atoms with E-state index in [1.807, 2.05) is 18.2 Å². The number of hydrogen-bond acceptors (Lipinski definition) is 8. The molecule has 1 aromatic carbocycles. The van der Waals surface area contributed by atoms with E-state index in [1.54, 1.807) is 6.07 Å². The standard InChI is InChI=1S/C15H18ClN5O4S3/c1-21(28(2,24)25)8-12(22)18-14-19-20-15(27-14)26-9-13(23)17-7-10-5-3-4-6-11(10)16/h3-6H,7-9H2,1-2H3,(H,17,23)(H,18,19,22). The van der Waals surface area contributed by atoms with E-state index >= 15 is 0 Å². The molecule has 0 radical (unpaired) electrons. The Balaban J connectivity index is 1.77. The molecule has 2 amide bonds. The number of halogens is 1. The Kier molecular flexibility index (Phi) is 8.19. The Hall–Kier alpha value is -1.73. The van der Waals surface area contributed by atoms with Crippen LogP contribution in [0.25, 0.3) is 0 Å². The number of sulfonamides is 1. The average Bonchev–Trinajstić information content (AvgIpc) is 3.05. The highest BCUT2D eigenvalue weighted by atomic mass is 35.5. The van der Waals surface area contributed by atoms with E-state index in [-0.39, 0.29) is 23.3 Å². The zero-order valence-corrected chi connectivity index (χ0v) is 18.2. The number of carbonyl (C=O) groups excluding carboxylic acids is 2. The van der Waals surface area contributed by atoms with Gasteiger partial charge in [-0.25, -0.2) is 8.42 Å². The third-order valence-corrected chi connectivity index (χ3v) is 6.95. The van der Waals surface area contributed by atoms with Crippen LogP contribution < -0.4 is 10.6 Å². The van der Waals surface area contributed by atoms with Crippen molar-refractivity contribution < 1.29 is 18.0 Å². The molecule has 0 fully saturated rings. The fourth-order valence-corrected chi connectivity index (χ4v) is 3.96. The number of hydrogen-bond donors (Lipinski definition) is 2. The molecule has 152 valence electrons. The van der Waals surface area contributed by atoms with Crippen molar-refractivity contribution in [3.8, 4) is 0 Å². The molecule has 0 aliphatic carbocycles. The number of carbonyl (C=O) groups is 2. The highest BCUT2D eigenvalue weighted by Gasteiger charge is 2.17. The summed E-state index contributed by atoms with van der Waals surface area (Å²) in [5.41, 5.74) is 0.822. The van der Waals surface area contributed by atoms with Crippen LogP contribution in [0.15, 0.2) is 28.6 Å². The van der Waals surface area contributed by atoms with Crippen molar-refractivity contribution in [3.05, 3.63) is 34.9 Å². The first-order valence-corrected chi connectivity index (χ1v) is 11.9. The summed E-state index contributed by atoms with van der Waals surface area (Å²) in [6.07, 6.45) is 1.01. The number of aromatic nitrogens is 2. The van der Waals surface area contributed by atoms with Crippen LogP contribution in [0, 0.1) is 0 Å². The molecular formula is C15H18ClN5O4S3. The minimum atomic E-state index is -3.45. The highest BCUT2D eigenvalue weighted by Crippen LogP contribution is 2.25. The molecule has 0 saturated heterocycles. The summed E-state index contributed by atoms with van der Waals surface area (Å²) in [7, 11) is -2.15. The predicted octanol–water partition coefficient (Wildman–Crippen LogP) is 1.43. The first-order chi connectivity index (χ1) is 13.1. The third-order valence-electron chi connectivity index (χ3n) is 3.35. The molecule has 2 aromatic rings. The molecule has 13 heteroatoms. The topological polar surface area (TPSA) is 121 Å². The van der Waals surface area contributed by atoms with Gasteiger partial charge in [0.15, 0.2) is 4.34 Å². The van der Waals surface area contributed by atoms with E-state index in [0.29, 0.717) is 15.9 Å². The molecule has 0 atom stereocenters. The molecule has 0 unspecified atom stereocenters.